The molecule has 0 saturated carbocycles. The predicted molar refractivity (Wildman–Crippen MR) is 75.7 cm³/mol. The zero-order valence-electron chi connectivity index (χ0n) is 10.5. The van der Waals surface area contributed by atoms with Crippen molar-refractivity contribution >= 4 is 17.6 Å². The van der Waals surface area contributed by atoms with Gasteiger partial charge in [0.2, 0.25) is 0 Å². The quantitative estimate of drug-likeness (QED) is 0.763. The topological polar surface area (TPSA) is 37.3 Å². The summed E-state index contributed by atoms with van der Waals surface area (Å²) in [5.74, 6) is -1.27. The summed E-state index contributed by atoms with van der Waals surface area (Å²) in [6.45, 7) is 1.71. The summed E-state index contributed by atoms with van der Waals surface area (Å²) in [6, 6.07) is 11.8. The number of halogens is 1. The molecule has 0 aliphatic heterocycles. The molecule has 0 saturated heterocycles. The van der Waals surface area contributed by atoms with Gasteiger partial charge in [0, 0.05) is 5.02 Å². The first-order valence-electron chi connectivity index (χ1n) is 6.20. The normalized spacial score (nSPS) is 13.8. The zero-order valence-corrected chi connectivity index (χ0v) is 11.2. The molecule has 1 aliphatic carbocycles. The Morgan fingerprint density at radius 3 is 2.68 bits per heavy atom. The summed E-state index contributed by atoms with van der Waals surface area (Å²) >= 11 is 6.04. The van der Waals surface area contributed by atoms with Crippen LogP contribution in [0.15, 0.2) is 36.4 Å². The van der Waals surface area contributed by atoms with Gasteiger partial charge in [-0.25, -0.2) is 0 Å². The van der Waals surface area contributed by atoms with E-state index in [1.165, 1.54) is 16.7 Å². The molecule has 19 heavy (non-hydrogen) atoms. The minimum Gasteiger partial charge on any atom is -0.481 e. The van der Waals surface area contributed by atoms with Crippen LogP contribution in [0.4, 0.5) is 0 Å². The van der Waals surface area contributed by atoms with Gasteiger partial charge in [-0.1, -0.05) is 35.9 Å². The largest absolute Gasteiger partial charge is 0.481 e. The highest BCUT2D eigenvalue weighted by molar-refractivity contribution is 6.31. The lowest BCUT2D eigenvalue weighted by molar-refractivity contribution is -0.138. The molecule has 3 heteroatoms. The Labute approximate surface area is 116 Å². The van der Waals surface area contributed by atoms with E-state index in [0.29, 0.717) is 0 Å². The number of fused-ring (bicyclic) bond motifs is 3. The number of hydrogen-bond acceptors (Lipinski definition) is 1. The molecular weight excluding hydrogens is 260 g/mol. The Kier molecular flexibility index (Phi) is 2.83. The van der Waals surface area contributed by atoms with Crippen LogP contribution < -0.4 is 0 Å². The van der Waals surface area contributed by atoms with Gasteiger partial charge in [-0.2, -0.15) is 0 Å². The maximum Gasteiger partial charge on any atom is 0.310 e. The van der Waals surface area contributed by atoms with Crippen LogP contribution in [-0.4, -0.2) is 11.1 Å². The third-order valence-electron chi connectivity index (χ3n) is 3.74. The standard InChI is InChI=1S/C16H13ClO2/c1-9(16(18)19)10-3-5-14-12(6-10)7-11-2-4-13(17)8-15(11)14/h2-6,8-9H,7H2,1H3,(H,18,19)/t9-/m0/s1. The Morgan fingerprint density at radius 1 is 1.16 bits per heavy atom. The summed E-state index contributed by atoms with van der Waals surface area (Å²) in [7, 11) is 0. The Hall–Kier alpha value is -1.80. The predicted octanol–water partition coefficient (Wildman–Crippen LogP) is 4.10. The van der Waals surface area contributed by atoms with Gasteiger partial charge in [-0.15, -0.1) is 0 Å². The van der Waals surface area contributed by atoms with E-state index in [4.69, 9.17) is 16.7 Å². The van der Waals surface area contributed by atoms with Crippen molar-refractivity contribution in [2.75, 3.05) is 0 Å². The van der Waals surface area contributed by atoms with Crippen LogP contribution in [0.2, 0.25) is 5.02 Å². The van der Waals surface area contributed by atoms with E-state index in [2.05, 4.69) is 0 Å². The van der Waals surface area contributed by atoms with Crippen LogP contribution in [0.3, 0.4) is 0 Å². The molecule has 3 rings (SSSR count). The fourth-order valence-corrected chi connectivity index (χ4v) is 2.77. The maximum absolute atomic E-state index is 11.0. The maximum atomic E-state index is 11.0. The molecule has 1 N–H and O–H groups in total. The number of hydrogen-bond donors (Lipinski definition) is 1. The van der Waals surface area contributed by atoms with Crippen molar-refractivity contribution < 1.29 is 9.90 Å². The summed E-state index contributed by atoms with van der Waals surface area (Å²) in [5.41, 5.74) is 5.61. The average Bonchev–Trinajstić information content (AvgIpc) is 2.74. The SMILES string of the molecule is C[C@H](C(=O)O)c1ccc2c(c1)Cc1ccc(Cl)cc1-2. The second-order valence-corrected chi connectivity index (χ2v) is 5.39. The summed E-state index contributed by atoms with van der Waals surface area (Å²) in [5, 5.41) is 9.81. The second kappa shape index (κ2) is 4.39. The van der Waals surface area contributed by atoms with Crippen LogP contribution in [0.1, 0.15) is 29.5 Å². The molecule has 1 aliphatic rings. The second-order valence-electron chi connectivity index (χ2n) is 4.95. The monoisotopic (exact) mass is 272 g/mol. The van der Waals surface area contributed by atoms with Crippen LogP contribution >= 0.6 is 11.6 Å². The molecule has 0 bridgehead atoms. The molecule has 2 nitrogen and oxygen atoms in total. The molecule has 0 amide bonds. The number of aliphatic carboxylic acids is 1. The van der Waals surface area contributed by atoms with E-state index < -0.39 is 11.9 Å². The van der Waals surface area contributed by atoms with Gasteiger partial charge in [-0.3, -0.25) is 4.79 Å². The molecule has 0 aromatic heterocycles. The number of benzene rings is 2. The van der Waals surface area contributed by atoms with Crippen molar-refractivity contribution in [3.8, 4) is 11.1 Å². The number of carbonyl (C=O) groups is 1. The van der Waals surface area contributed by atoms with Gasteiger partial charge < -0.3 is 5.11 Å². The molecule has 96 valence electrons. The third-order valence-corrected chi connectivity index (χ3v) is 3.98. The number of carboxylic acid groups (broad SMARTS) is 1. The van der Waals surface area contributed by atoms with Crippen LogP contribution in [0.5, 0.6) is 0 Å². The molecule has 2 aromatic carbocycles. The first kappa shape index (κ1) is 12.2. The highest BCUT2D eigenvalue weighted by Gasteiger charge is 2.21. The van der Waals surface area contributed by atoms with Gasteiger partial charge >= 0.3 is 5.97 Å². The molecule has 2 aromatic rings. The molecule has 0 unspecified atom stereocenters. The van der Waals surface area contributed by atoms with Crippen LogP contribution in [0, 0.1) is 0 Å². The van der Waals surface area contributed by atoms with E-state index in [1.807, 2.05) is 36.4 Å². The van der Waals surface area contributed by atoms with Gasteiger partial charge in [0.1, 0.15) is 0 Å². The van der Waals surface area contributed by atoms with E-state index >= 15 is 0 Å². The highest BCUT2D eigenvalue weighted by atomic mass is 35.5. The summed E-state index contributed by atoms with van der Waals surface area (Å²) in [4.78, 5) is 11.0. The minimum absolute atomic E-state index is 0.474. The molecule has 0 spiro atoms. The van der Waals surface area contributed by atoms with Crippen LogP contribution in [-0.2, 0) is 11.2 Å². The van der Waals surface area contributed by atoms with Gasteiger partial charge in [0.15, 0.2) is 0 Å². The fourth-order valence-electron chi connectivity index (χ4n) is 2.59. The first-order chi connectivity index (χ1) is 9.06. The highest BCUT2D eigenvalue weighted by Crippen LogP contribution is 2.39. The van der Waals surface area contributed by atoms with E-state index in [1.54, 1.807) is 6.92 Å². The molecular formula is C16H13ClO2. The van der Waals surface area contributed by atoms with Gasteiger partial charge in [0.05, 0.1) is 5.92 Å². The molecule has 1 atom stereocenters. The Morgan fingerprint density at radius 2 is 1.95 bits per heavy atom. The van der Waals surface area contributed by atoms with E-state index in [-0.39, 0.29) is 0 Å². The van der Waals surface area contributed by atoms with Crippen molar-refractivity contribution in [3.63, 3.8) is 0 Å². The third kappa shape index (κ3) is 2.02. The lowest BCUT2D eigenvalue weighted by Crippen LogP contribution is -2.07. The van der Waals surface area contributed by atoms with Gasteiger partial charge in [0.25, 0.3) is 0 Å². The van der Waals surface area contributed by atoms with Gasteiger partial charge in [-0.05, 0) is 53.3 Å². The van der Waals surface area contributed by atoms with Crippen molar-refractivity contribution in [1.29, 1.82) is 0 Å². The zero-order chi connectivity index (χ0) is 13.6. The van der Waals surface area contributed by atoms with Crippen molar-refractivity contribution in [1.82, 2.24) is 0 Å². The van der Waals surface area contributed by atoms with Crippen molar-refractivity contribution in [2.24, 2.45) is 0 Å². The Balaban J connectivity index is 2.07. The number of carboxylic acids is 1. The summed E-state index contributed by atoms with van der Waals surface area (Å²) in [6.07, 6.45) is 0.849. The average molecular weight is 273 g/mol. The smallest absolute Gasteiger partial charge is 0.310 e. The van der Waals surface area contributed by atoms with Crippen molar-refractivity contribution in [2.45, 2.75) is 19.3 Å². The van der Waals surface area contributed by atoms with Crippen LogP contribution in [0.25, 0.3) is 11.1 Å². The van der Waals surface area contributed by atoms with E-state index in [9.17, 15) is 4.79 Å². The summed E-state index contributed by atoms with van der Waals surface area (Å²) < 4.78 is 0. The molecule has 0 heterocycles. The lowest BCUT2D eigenvalue weighted by Gasteiger charge is -2.09. The molecule has 0 radical (unpaired) electrons. The van der Waals surface area contributed by atoms with Crippen molar-refractivity contribution in [3.05, 3.63) is 58.1 Å². The molecule has 0 fully saturated rings. The number of rotatable bonds is 2. The van der Waals surface area contributed by atoms with E-state index in [0.717, 1.165) is 22.6 Å². The Bertz CT molecular complexity index is 676. The fraction of sp³-hybridized carbons (Fsp3) is 0.188. The lowest BCUT2D eigenvalue weighted by atomic mass is 9.96. The first-order valence-corrected chi connectivity index (χ1v) is 6.58. The minimum atomic E-state index is -0.793.